The molecule has 22 heavy (non-hydrogen) atoms. The van der Waals surface area contributed by atoms with Crippen LogP contribution in [0.3, 0.4) is 0 Å². The fraction of sp³-hybridized carbons (Fsp3) is 0.500. The first-order chi connectivity index (χ1) is 10.3. The SMILES string of the molecule is C=CC(=C)C.CCCOc1c(CC)cccc1C(C)(F)CC. The summed E-state index contributed by atoms with van der Waals surface area (Å²) in [6, 6.07) is 5.77. The van der Waals surface area contributed by atoms with Crippen LogP contribution in [0.2, 0.25) is 0 Å². The van der Waals surface area contributed by atoms with Gasteiger partial charge >= 0.3 is 0 Å². The molecule has 0 spiro atoms. The number of hydrogen-bond donors (Lipinski definition) is 0. The Kier molecular flexibility index (Phi) is 9.48. The highest BCUT2D eigenvalue weighted by atomic mass is 19.1. The highest BCUT2D eigenvalue weighted by Crippen LogP contribution is 2.38. The molecule has 0 aromatic heterocycles. The van der Waals surface area contributed by atoms with Gasteiger partial charge in [0.25, 0.3) is 0 Å². The third kappa shape index (κ3) is 6.46. The molecule has 1 rings (SSSR count). The molecule has 1 aromatic carbocycles. The van der Waals surface area contributed by atoms with Crippen LogP contribution in [0.25, 0.3) is 0 Å². The fourth-order valence-corrected chi connectivity index (χ4v) is 1.84. The molecule has 0 amide bonds. The van der Waals surface area contributed by atoms with Gasteiger partial charge in [-0.15, -0.1) is 0 Å². The van der Waals surface area contributed by atoms with Crippen molar-refractivity contribution >= 4 is 0 Å². The number of ether oxygens (including phenoxy) is 1. The molecule has 0 fully saturated rings. The summed E-state index contributed by atoms with van der Waals surface area (Å²) in [7, 11) is 0. The molecular formula is C20H31FO. The van der Waals surface area contributed by atoms with Crippen LogP contribution < -0.4 is 4.74 Å². The average molecular weight is 306 g/mol. The standard InChI is InChI=1S/C15H23FO.C5H8/c1-5-11-17-14-12(6-2)9-8-10-13(14)15(4,16)7-3;1-4-5(2)3/h8-10H,5-7,11H2,1-4H3;4H,1-2H2,3H3. The van der Waals surface area contributed by atoms with Crippen LogP contribution in [0.15, 0.2) is 43.0 Å². The second-order valence-corrected chi connectivity index (χ2v) is 5.60. The van der Waals surface area contributed by atoms with Gasteiger partial charge in [0.2, 0.25) is 0 Å². The van der Waals surface area contributed by atoms with Crippen molar-refractivity contribution in [2.45, 2.75) is 59.5 Å². The maximum Gasteiger partial charge on any atom is 0.136 e. The molecule has 124 valence electrons. The molecule has 0 saturated carbocycles. The summed E-state index contributed by atoms with van der Waals surface area (Å²) in [5.41, 5.74) is 1.49. The molecule has 1 unspecified atom stereocenters. The van der Waals surface area contributed by atoms with E-state index in [1.54, 1.807) is 13.0 Å². The lowest BCUT2D eigenvalue weighted by Crippen LogP contribution is -2.16. The van der Waals surface area contributed by atoms with Crippen LogP contribution in [0, 0.1) is 0 Å². The molecule has 1 nitrogen and oxygen atoms in total. The van der Waals surface area contributed by atoms with E-state index < -0.39 is 5.67 Å². The van der Waals surface area contributed by atoms with Crippen molar-refractivity contribution in [3.8, 4) is 5.75 Å². The van der Waals surface area contributed by atoms with Crippen molar-refractivity contribution in [1.82, 2.24) is 0 Å². The minimum atomic E-state index is -1.31. The normalized spacial score (nSPS) is 12.6. The molecule has 1 aromatic rings. The Morgan fingerprint density at radius 1 is 1.32 bits per heavy atom. The van der Waals surface area contributed by atoms with Gasteiger partial charge in [0.15, 0.2) is 0 Å². The molecule has 0 bridgehead atoms. The van der Waals surface area contributed by atoms with E-state index >= 15 is 0 Å². The second-order valence-electron chi connectivity index (χ2n) is 5.60. The molecule has 0 aliphatic heterocycles. The number of aryl methyl sites for hydroxylation is 1. The van der Waals surface area contributed by atoms with Crippen LogP contribution in [-0.2, 0) is 12.1 Å². The topological polar surface area (TPSA) is 9.23 Å². The average Bonchev–Trinajstić information content (AvgIpc) is 2.52. The predicted octanol–water partition coefficient (Wildman–Crippen LogP) is 6.38. The lowest BCUT2D eigenvalue weighted by atomic mass is 9.92. The van der Waals surface area contributed by atoms with Crippen molar-refractivity contribution < 1.29 is 9.13 Å². The molecule has 0 saturated heterocycles. The fourth-order valence-electron chi connectivity index (χ4n) is 1.84. The summed E-state index contributed by atoms with van der Waals surface area (Å²) in [6.07, 6.45) is 3.99. The van der Waals surface area contributed by atoms with Gasteiger partial charge in [-0.05, 0) is 38.7 Å². The molecular weight excluding hydrogens is 275 g/mol. The van der Waals surface area contributed by atoms with Gasteiger partial charge in [0.1, 0.15) is 11.4 Å². The Hall–Kier alpha value is -1.57. The van der Waals surface area contributed by atoms with E-state index in [9.17, 15) is 4.39 Å². The van der Waals surface area contributed by atoms with Crippen LogP contribution >= 0.6 is 0 Å². The van der Waals surface area contributed by atoms with Crippen LogP contribution in [0.5, 0.6) is 5.75 Å². The summed E-state index contributed by atoms with van der Waals surface area (Å²) in [4.78, 5) is 0. The van der Waals surface area contributed by atoms with Crippen LogP contribution in [-0.4, -0.2) is 6.61 Å². The number of alkyl halides is 1. The van der Waals surface area contributed by atoms with E-state index in [4.69, 9.17) is 4.74 Å². The first-order valence-electron chi connectivity index (χ1n) is 8.05. The molecule has 0 aliphatic carbocycles. The molecule has 1 atom stereocenters. The van der Waals surface area contributed by atoms with Gasteiger partial charge in [-0.2, -0.15) is 0 Å². The lowest BCUT2D eigenvalue weighted by Gasteiger charge is -2.24. The zero-order valence-corrected chi connectivity index (χ0v) is 14.8. The smallest absolute Gasteiger partial charge is 0.136 e. The second kappa shape index (κ2) is 10.2. The quantitative estimate of drug-likeness (QED) is 0.531. The highest BCUT2D eigenvalue weighted by Gasteiger charge is 2.28. The lowest BCUT2D eigenvalue weighted by molar-refractivity contribution is 0.175. The van der Waals surface area contributed by atoms with Crippen molar-refractivity contribution in [2.24, 2.45) is 0 Å². The van der Waals surface area contributed by atoms with E-state index in [1.807, 2.05) is 32.0 Å². The van der Waals surface area contributed by atoms with Gasteiger partial charge in [-0.25, -0.2) is 4.39 Å². The van der Waals surface area contributed by atoms with E-state index in [0.717, 1.165) is 29.7 Å². The third-order valence-corrected chi connectivity index (χ3v) is 3.50. The van der Waals surface area contributed by atoms with Gasteiger partial charge < -0.3 is 4.74 Å². The van der Waals surface area contributed by atoms with Gasteiger partial charge in [0, 0.05) is 5.56 Å². The van der Waals surface area contributed by atoms with Crippen molar-refractivity contribution in [2.75, 3.05) is 6.61 Å². The van der Waals surface area contributed by atoms with E-state index in [2.05, 4.69) is 27.0 Å². The van der Waals surface area contributed by atoms with Crippen LogP contribution in [0.4, 0.5) is 4.39 Å². The zero-order valence-electron chi connectivity index (χ0n) is 14.8. The number of hydrogen-bond acceptors (Lipinski definition) is 1. The Balaban J connectivity index is 0.000000763. The Labute approximate surface area is 135 Å². The van der Waals surface area contributed by atoms with Gasteiger partial charge in [-0.3, -0.25) is 0 Å². The van der Waals surface area contributed by atoms with Crippen molar-refractivity contribution in [3.63, 3.8) is 0 Å². The Bertz CT molecular complexity index is 475. The maximum absolute atomic E-state index is 14.5. The van der Waals surface area contributed by atoms with E-state index in [-0.39, 0.29) is 0 Å². The predicted molar refractivity (Wildman–Crippen MR) is 95.4 cm³/mol. The van der Waals surface area contributed by atoms with E-state index in [0.29, 0.717) is 18.6 Å². The summed E-state index contributed by atoms with van der Waals surface area (Å²) in [5.74, 6) is 0.753. The highest BCUT2D eigenvalue weighted by molar-refractivity contribution is 5.44. The largest absolute Gasteiger partial charge is 0.493 e. The summed E-state index contributed by atoms with van der Waals surface area (Å²) in [6.45, 7) is 17.2. The number of para-hydroxylation sites is 1. The van der Waals surface area contributed by atoms with E-state index in [1.165, 1.54) is 0 Å². The summed E-state index contributed by atoms with van der Waals surface area (Å²) < 4.78 is 20.2. The minimum Gasteiger partial charge on any atom is -0.493 e. The molecule has 0 N–H and O–H groups in total. The molecule has 0 radical (unpaired) electrons. The number of benzene rings is 1. The molecule has 0 heterocycles. The Morgan fingerprint density at radius 2 is 1.91 bits per heavy atom. The number of halogens is 1. The first-order valence-corrected chi connectivity index (χ1v) is 8.05. The van der Waals surface area contributed by atoms with Crippen molar-refractivity contribution in [3.05, 3.63) is 54.1 Å². The first kappa shape index (κ1) is 20.4. The van der Waals surface area contributed by atoms with Crippen molar-refractivity contribution in [1.29, 1.82) is 0 Å². The van der Waals surface area contributed by atoms with Gasteiger partial charge in [0.05, 0.1) is 6.61 Å². The van der Waals surface area contributed by atoms with Crippen LogP contribution in [0.1, 0.15) is 58.6 Å². The summed E-state index contributed by atoms with van der Waals surface area (Å²) in [5, 5.41) is 0. The molecule has 2 heteroatoms. The summed E-state index contributed by atoms with van der Waals surface area (Å²) >= 11 is 0. The zero-order chi connectivity index (χ0) is 17.2. The number of allylic oxidation sites excluding steroid dienone is 2. The van der Waals surface area contributed by atoms with Gasteiger partial charge in [-0.1, -0.05) is 63.8 Å². The molecule has 0 aliphatic rings. The minimum absolute atomic E-state index is 0.461. The third-order valence-electron chi connectivity index (χ3n) is 3.50. The maximum atomic E-state index is 14.5. The number of rotatable bonds is 7. The Morgan fingerprint density at radius 3 is 2.32 bits per heavy atom. The monoisotopic (exact) mass is 306 g/mol.